The number of primary amides is 2. The number of amides is 6. The van der Waals surface area contributed by atoms with Gasteiger partial charge in [-0.1, -0.05) is 130 Å². The largest absolute Gasteiger partial charge is 0.481 e. The number of fused-ring (bicyclic) bond motifs is 6. The standard InChI is InChI=1S/C32H30Cl2N6O3.C23H20Cl2N4O3.C15H8Cl2N6O.C9H12N2O.C8H13NO2/c33-23-11-10-22(15-24(23)34)40-27(21-7-4-12-36-17-21)16-26(39-40)31(42)38-29-20-9-8-19(14-20)28(29)32(43)37-25(30(35)41)13-18-5-2-1-3-6-18;24-16-6-5-15(9-17(16)25)29-19(14-2-1-7-26-11-14)10-18(28-29)22(30)27-21-13-4-3-12(8-13)20(21)23(31)32;16-11-4-3-10(6-12(11)17)23-14(9-2-1-5-19-8-9)7-13(21-23)15(24)20-22-18;10-8(9(11)12)6-7-4-2-1-3-5-7;9-7-5-2-1-4(3-5)6(7)8(10)11/h1-7,10-12,15-17,19-20,25,28-29H,8-9,13-14H2,(H2,35,41)(H,37,43)(H,38,42);1-2,5-7,9-13,20-21H,3-4,8H2,(H,27,30)(H,31,32);1-8H;1-5,8H,6,10H2,(H2,11,12);4-7H,1-3,9H2,(H,10,11)/t19?,20?,25?,28?,29-;12?,13?,20?,21-;;;4?,5?,6-,7+/m11..0/s1. The third-order valence-corrected chi connectivity index (χ3v) is 25.4. The number of aliphatic carboxylic acids is 2. The average Bonchev–Trinajstić information content (AvgIpc) is 1.62. The van der Waals surface area contributed by atoms with Crippen molar-refractivity contribution in [1.82, 2.24) is 60.2 Å². The SMILES string of the molecule is NC(=O)C(Cc1ccccc1)NC(=O)C1C2CCC(C2)[C@H]1NC(=O)c1cc(-c2cccnc2)n(-c2ccc(Cl)c(Cl)c2)n1.NC(=O)C(N)Cc1ccccc1.N[C@@H]1C2CCC(C2)[C@@H]1C(=O)O.O=C(N[C@@H]1C2CCC(C2)C1C(=O)O)c1cc(-c2cccnc2)n(-c2ccc(Cl)c(Cl)c2)n1.[N-]=[N+]=NC(=O)c1cc(-c2cccnc2)n(-c2ccc(Cl)c(Cl)c2)n1. The van der Waals surface area contributed by atoms with Crippen LogP contribution in [-0.4, -0.2) is 132 Å². The molecule has 628 valence electrons. The molecule has 6 saturated carbocycles. The smallest absolute Gasteiger partial charge is 0.308 e. The second-order valence-electron chi connectivity index (χ2n) is 30.7. The predicted molar refractivity (Wildman–Crippen MR) is 461 cm³/mol. The summed E-state index contributed by atoms with van der Waals surface area (Å²) in [4.78, 5) is 113. The Morgan fingerprint density at radius 2 is 0.836 bits per heavy atom. The summed E-state index contributed by atoms with van der Waals surface area (Å²) in [6.07, 6.45) is 19.4. The molecule has 0 aliphatic heterocycles. The molecule has 6 amide bonds. The molecule has 6 heterocycles. The van der Waals surface area contributed by atoms with E-state index in [2.05, 4.69) is 56.2 Å². The maximum absolute atomic E-state index is 13.7. The number of nitrogens with one attached hydrogen (secondary N) is 3. The van der Waals surface area contributed by atoms with Crippen LogP contribution >= 0.6 is 69.6 Å². The van der Waals surface area contributed by atoms with Gasteiger partial charge in [0, 0.05) is 83.3 Å². The van der Waals surface area contributed by atoms with Crippen molar-refractivity contribution < 1.29 is 48.6 Å². The van der Waals surface area contributed by atoms with Gasteiger partial charge in [-0.15, -0.1) is 0 Å². The first-order chi connectivity index (χ1) is 58.7. The number of hydrogen-bond acceptors (Lipinski definition) is 16. The Morgan fingerprint density at radius 1 is 0.459 bits per heavy atom. The van der Waals surface area contributed by atoms with E-state index in [0.717, 1.165) is 85.6 Å². The number of nitrogens with two attached hydrogens (primary N) is 4. The lowest BCUT2D eigenvalue weighted by Crippen LogP contribution is -2.54. The third-order valence-electron chi connectivity index (χ3n) is 23.2. The van der Waals surface area contributed by atoms with Crippen LogP contribution in [0.15, 0.2) is 212 Å². The zero-order valence-corrected chi connectivity index (χ0v) is 69.6. The van der Waals surface area contributed by atoms with Crippen molar-refractivity contribution in [2.75, 3.05) is 0 Å². The molecule has 6 fully saturated rings. The van der Waals surface area contributed by atoms with Crippen LogP contribution in [0.25, 0.3) is 61.3 Å². The van der Waals surface area contributed by atoms with Gasteiger partial charge in [-0.3, -0.25) is 53.3 Å². The molecule has 5 aromatic carbocycles. The zero-order valence-electron chi connectivity index (χ0n) is 65.1. The lowest BCUT2D eigenvalue weighted by atomic mass is 9.83. The predicted octanol–water partition coefficient (Wildman–Crippen LogP) is 14.2. The molecule has 11 aromatic rings. The van der Waals surface area contributed by atoms with E-state index in [1.54, 1.807) is 131 Å². The van der Waals surface area contributed by atoms with Crippen molar-refractivity contribution in [3.63, 3.8) is 0 Å². The number of rotatable bonds is 21. The number of nitrogens with zero attached hydrogens (tertiary/aromatic N) is 12. The van der Waals surface area contributed by atoms with Gasteiger partial charge < -0.3 is 49.1 Å². The fraction of sp³-hybridized carbons (Fsp3) is 0.287. The van der Waals surface area contributed by atoms with Crippen LogP contribution in [0.3, 0.4) is 0 Å². The summed E-state index contributed by atoms with van der Waals surface area (Å²) < 4.78 is 4.75. The van der Waals surface area contributed by atoms with Gasteiger partial charge in [0.25, 0.3) is 17.7 Å². The van der Waals surface area contributed by atoms with E-state index in [4.69, 9.17) is 103 Å². The van der Waals surface area contributed by atoms with E-state index in [1.807, 2.05) is 78.9 Å². The van der Waals surface area contributed by atoms with Gasteiger partial charge in [-0.2, -0.15) is 15.3 Å². The molecule has 17 rings (SSSR count). The first-order valence-electron chi connectivity index (χ1n) is 39.2. The number of hydrogen-bond donors (Lipinski definition) is 9. The first-order valence-corrected chi connectivity index (χ1v) is 41.5. The number of halogens is 6. The van der Waals surface area contributed by atoms with Crippen molar-refractivity contribution in [3.05, 3.63) is 276 Å². The molecule has 13 N–H and O–H groups in total. The number of pyridine rings is 3. The minimum atomic E-state index is -0.852. The summed E-state index contributed by atoms with van der Waals surface area (Å²) in [7, 11) is 0. The monoisotopic (exact) mass is 1760 g/mol. The van der Waals surface area contributed by atoms with Crippen molar-refractivity contribution in [2.45, 2.75) is 101 Å². The highest BCUT2D eigenvalue weighted by Crippen LogP contribution is 2.51. The summed E-state index contributed by atoms with van der Waals surface area (Å²) in [5.41, 5.74) is 38.7. The van der Waals surface area contributed by atoms with Gasteiger partial charge >= 0.3 is 11.9 Å². The molecule has 14 atom stereocenters. The van der Waals surface area contributed by atoms with Crippen molar-refractivity contribution in [2.24, 2.45) is 81.3 Å². The van der Waals surface area contributed by atoms with Gasteiger partial charge in [-0.05, 0) is 231 Å². The molecule has 29 nitrogen and oxygen atoms in total. The molecule has 6 aliphatic rings. The quantitative estimate of drug-likeness (QED) is 0.0183. The van der Waals surface area contributed by atoms with Crippen LogP contribution in [-0.2, 0) is 36.8 Å². The van der Waals surface area contributed by atoms with E-state index < -0.39 is 71.4 Å². The van der Waals surface area contributed by atoms with Crippen LogP contribution in [0.5, 0.6) is 0 Å². The normalized spacial score (nSPS) is 21.4. The molecule has 35 heteroatoms. The highest BCUT2D eigenvalue weighted by molar-refractivity contribution is 6.43. The third kappa shape index (κ3) is 20.6. The average molecular weight is 1770 g/mol. The summed E-state index contributed by atoms with van der Waals surface area (Å²) in [6.45, 7) is 0. The van der Waals surface area contributed by atoms with Crippen LogP contribution in [0.4, 0.5) is 0 Å². The van der Waals surface area contributed by atoms with Crippen molar-refractivity contribution >= 4 is 117 Å². The maximum atomic E-state index is 13.7. The molecule has 0 saturated heterocycles. The maximum Gasteiger partial charge on any atom is 0.308 e. The fourth-order valence-corrected chi connectivity index (χ4v) is 18.2. The summed E-state index contributed by atoms with van der Waals surface area (Å²) in [5.74, 6) is -4.22. The molecular formula is C87H83Cl6N19O10. The number of benzene rings is 5. The molecule has 0 radical (unpaired) electrons. The van der Waals surface area contributed by atoms with Crippen molar-refractivity contribution in [3.8, 4) is 50.8 Å². The number of azide groups is 1. The van der Waals surface area contributed by atoms with Crippen LogP contribution < -0.4 is 38.9 Å². The molecule has 10 unspecified atom stereocenters. The number of carboxylic acid groups (broad SMARTS) is 2. The zero-order chi connectivity index (χ0) is 86.6. The van der Waals surface area contributed by atoms with Gasteiger partial charge in [0.2, 0.25) is 17.7 Å². The number of carbonyl (C=O) groups is 8. The Bertz CT molecular complexity index is 5710. The highest BCUT2D eigenvalue weighted by Gasteiger charge is 2.54. The molecule has 6 aromatic heterocycles. The highest BCUT2D eigenvalue weighted by atomic mass is 35.5. The molecule has 6 aliphatic carbocycles. The Labute approximate surface area is 729 Å². The Balaban J connectivity index is 0.000000143. The number of aromatic nitrogens is 9. The van der Waals surface area contributed by atoms with E-state index in [1.165, 1.54) is 10.7 Å². The molecular weight excluding hydrogens is 1680 g/mol. The minimum Gasteiger partial charge on any atom is -0.481 e. The Morgan fingerprint density at radius 3 is 1.20 bits per heavy atom. The lowest BCUT2D eigenvalue weighted by molar-refractivity contribution is -0.145. The molecule has 6 bridgehead atoms. The molecule has 0 spiro atoms. The molecule has 122 heavy (non-hydrogen) atoms. The van der Waals surface area contributed by atoms with Gasteiger partial charge in [-0.25, -0.2) is 14.0 Å². The summed E-state index contributed by atoms with van der Waals surface area (Å²) in [5, 5.41) is 46.2. The Hall–Kier alpha value is -11.9. The number of carboxylic acids is 2. The van der Waals surface area contributed by atoms with Crippen molar-refractivity contribution in [1.29, 1.82) is 0 Å². The number of carbonyl (C=O) groups excluding carboxylic acids is 6. The van der Waals surface area contributed by atoms with E-state index in [9.17, 15) is 43.5 Å². The Kier molecular flexibility index (Phi) is 28.6. The van der Waals surface area contributed by atoms with E-state index in [0.29, 0.717) is 89.0 Å². The first kappa shape index (κ1) is 87.9. The minimum absolute atomic E-state index is 0.0118. The van der Waals surface area contributed by atoms with E-state index in [-0.39, 0.29) is 64.7 Å². The summed E-state index contributed by atoms with van der Waals surface area (Å²) >= 11 is 36.7. The van der Waals surface area contributed by atoms with Crippen LogP contribution in [0.2, 0.25) is 30.1 Å². The van der Waals surface area contributed by atoms with Gasteiger partial charge in [0.1, 0.15) is 11.7 Å². The lowest BCUT2D eigenvalue weighted by Gasteiger charge is -2.31. The topological polar surface area (TPSA) is 458 Å². The van der Waals surface area contributed by atoms with E-state index >= 15 is 0 Å². The second kappa shape index (κ2) is 39.8. The fourth-order valence-electron chi connectivity index (χ4n) is 17.4. The summed E-state index contributed by atoms with van der Waals surface area (Å²) in [6, 6.07) is 47.7. The van der Waals surface area contributed by atoms with Crippen LogP contribution in [0.1, 0.15) is 100 Å². The van der Waals surface area contributed by atoms with Gasteiger partial charge in [0.05, 0.1) is 88.1 Å². The second-order valence-corrected chi connectivity index (χ2v) is 33.1. The van der Waals surface area contributed by atoms with Crippen LogP contribution in [0, 0.1) is 53.3 Å². The van der Waals surface area contributed by atoms with Gasteiger partial charge in [0.15, 0.2) is 11.4 Å².